The van der Waals surface area contributed by atoms with Gasteiger partial charge >= 0.3 is 0 Å². The van der Waals surface area contributed by atoms with Crippen LogP contribution in [-0.4, -0.2) is 26.9 Å². The number of hydrogen-bond acceptors (Lipinski definition) is 3. The number of allylic oxidation sites excluding steroid dienone is 1. The molecule has 1 rings (SSSR count). The standard InChI is InChI=1S/C16H25NO2/c1-13(2)8-10-19-16-14(3)6-5-7-15(16)12-17-9-11-18-4/h5-8,17H,9-12H2,1-4H3. The van der Waals surface area contributed by atoms with Gasteiger partial charge in [-0.25, -0.2) is 0 Å². The Balaban J connectivity index is 2.63. The number of para-hydroxylation sites is 1. The predicted molar refractivity (Wildman–Crippen MR) is 79.7 cm³/mol. The minimum atomic E-state index is 0.623. The molecular weight excluding hydrogens is 238 g/mol. The zero-order valence-electron chi connectivity index (χ0n) is 12.5. The summed E-state index contributed by atoms with van der Waals surface area (Å²) in [7, 11) is 1.71. The predicted octanol–water partition coefficient (Wildman–Crippen LogP) is 3.08. The number of methoxy groups -OCH3 is 1. The first-order valence-electron chi connectivity index (χ1n) is 6.69. The van der Waals surface area contributed by atoms with Crippen LogP contribution in [-0.2, 0) is 11.3 Å². The van der Waals surface area contributed by atoms with Crippen LogP contribution < -0.4 is 10.1 Å². The molecule has 0 saturated heterocycles. The van der Waals surface area contributed by atoms with E-state index >= 15 is 0 Å². The fourth-order valence-corrected chi connectivity index (χ4v) is 1.75. The van der Waals surface area contributed by atoms with E-state index in [0.717, 1.165) is 25.4 Å². The molecule has 106 valence electrons. The normalized spacial score (nSPS) is 10.3. The van der Waals surface area contributed by atoms with Gasteiger partial charge in [0.1, 0.15) is 12.4 Å². The Bertz CT molecular complexity index is 409. The molecule has 3 nitrogen and oxygen atoms in total. The van der Waals surface area contributed by atoms with Gasteiger partial charge in [-0.05, 0) is 32.4 Å². The molecule has 0 aliphatic heterocycles. The first-order valence-corrected chi connectivity index (χ1v) is 6.69. The average Bonchev–Trinajstić information content (AvgIpc) is 2.37. The quantitative estimate of drug-likeness (QED) is 0.577. The topological polar surface area (TPSA) is 30.5 Å². The van der Waals surface area contributed by atoms with Crippen LogP contribution >= 0.6 is 0 Å². The highest BCUT2D eigenvalue weighted by molar-refractivity contribution is 5.40. The second-order valence-electron chi connectivity index (χ2n) is 4.83. The highest BCUT2D eigenvalue weighted by atomic mass is 16.5. The molecule has 0 radical (unpaired) electrons. The fourth-order valence-electron chi connectivity index (χ4n) is 1.75. The lowest BCUT2D eigenvalue weighted by Gasteiger charge is -2.14. The molecule has 0 fully saturated rings. The summed E-state index contributed by atoms with van der Waals surface area (Å²) in [6.45, 7) is 9.23. The van der Waals surface area contributed by atoms with Gasteiger partial charge in [-0.3, -0.25) is 0 Å². The van der Waals surface area contributed by atoms with Crippen molar-refractivity contribution in [3.63, 3.8) is 0 Å². The first kappa shape index (κ1) is 15.7. The van der Waals surface area contributed by atoms with Crippen LogP contribution in [0.1, 0.15) is 25.0 Å². The maximum absolute atomic E-state index is 5.89. The molecule has 0 aromatic heterocycles. The maximum Gasteiger partial charge on any atom is 0.127 e. The van der Waals surface area contributed by atoms with Crippen LogP contribution in [0, 0.1) is 6.92 Å². The van der Waals surface area contributed by atoms with Gasteiger partial charge in [0.15, 0.2) is 0 Å². The van der Waals surface area contributed by atoms with Crippen molar-refractivity contribution in [3.8, 4) is 5.75 Å². The van der Waals surface area contributed by atoms with Crippen LogP contribution in [0.15, 0.2) is 29.8 Å². The van der Waals surface area contributed by atoms with Crippen molar-refractivity contribution in [1.82, 2.24) is 5.32 Å². The Kier molecular flexibility index (Phi) is 7.23. The molecule has 3 heteroatoms. The van der Waals surface area contributed by atoms with E-state index in [9.17, 15) is 0 Å². The van der Waals surface area contributed by atoms with E-state index in [1.165, 1.54) is 16.7 Å². The van der Waals surface area contributed by atoms with Gasteiger partial charge in [0, 0.05) is 25.8 Å². The number of nitrogens with one attached hydrogen (secondary N) is 1. The van der Waals surface area contributed by atoms with Crippen molar-refractivity contribution in [3.05, 3.63) is 41.0 Å². The zero-order valence-corrected chi connectivity index (χ0v) is 12.5. The molecule has 1 aromatic rings. The molecule has 0 spiro atoms. The second-order valence-corrected chi connectivity index (χ2v) is 4.83. The van der Waals surface area contributed by atoms with Crippen molar-refractivity contribution >= 4 is 0 Å². The summed E-state index contributed by atoms with van der Waals surface area (Å²) in [5.74, 6) is 0.991. The molecular formula is C16H25NO2. The van der Waals surface area contributed by atoms with Gasteiger partial charge in [0.25, 0.3) is 0 Å². The van der Waals surface area contributed by atoms with Crippen LogP contribution in [0.3, 0.4) is 0 Å². The molecule has 1 aromatic carbocycles. The Morgan fingerprint density at radius 2 is 2.11 bits per heavy atom. The van der Waals surface area contributed by atoms with E-state index < -0.39 is 0 Å². The number of benzene rings is 1. The van der Waals surface area contributed by atoms with Crippen LogP contribution in [0.4, 0.5) is 0 Å². The summed E-state index contributed by atoms with van der Waals surface area (Å²) in [4.78, 5) is 0. The van der Waals surface area contributed by atoms with Crippen molar-refractivity contribution < 1.29 is 9.47 Å². The molecule has 19 heavy (non-hydrogen) atoms. The summed E-state index contributed by atoms with van der Waals surface area (Å²) in [6, 6.07) is 6.25. The molecule has 0 aliphatic rings. The number of hydrogen-bond donors (Lipinski definition) is 1. The Morgan fingerprint density at radius 3 is 2.79 bits per heavy atom. The van der Waals surface area contributed by atoms with Gasteiger partial charge in [-0.1, -0.05) is 23.8 Å². The molecule has 1 N–H and O–H groups in total. The Labute approximate surface area is 116 Å². The minimum Gasteiger partial charge on any atom is -0.489 e. The summed E-state index contributed by atoms with van der Waals surface area (Å²) >= 11 is 0. The number of rotatable bonds is 8. The zero-order chi connectivity index (χ0) is 14.1. The lowest BCUT2D eigenvalue weighted by Crippen LogP contribution is -2.19. The molecule has 0 atom stereocenters. The highest BCUT2D eigenvalue weighted by Crippen LogP contribution is 2.23. The van der Waals surface area contributed by atoms with Crippen LogP contribution in [0.25, 0.3) is 0 Å². The van der Waals surface area contributed by atoms with E-state index in [0.29, 0.717) is 6.61 Å². The maximum atomic E-state index is 5.89. The third kappa shape index (κ3) is 5.90. The Hall–Kier alpha value is -1.32. The smallest absolute Gasteiger partial charge is 0.127 e. The Morgan fingerprint density at radius 1 is 1.32 bits per heavy atom. The second kappa shape index (κ2) is 8.73. The highest BCUT2D eigenvalue weighted by Gasteiger charge is 2.06. The van der Waals surface area contributed by atoms with Crippen LogP contribution in [0.5, 0.6) is 5.75 Å². The SMILES string of the molecule is COCCNCc1cccc(C)c1OCC=C(C)C. The first-order chi connectivity index (χ1) is 9.15. The van der Waals surface area contributed by atoms with Gasteiger partial charge in [0.2, 0.25) is 0 Å². The largest absolute Gasteiger partial charge is 0.489 e. The third-order valence-electron chi connectivity index (χ3n) is 2.81. The van der Waals surface area contributed by atoms with E-state index in [1.54, 1.807) is 7.11 Å². The molecule has 0 amide bonds. The van der Waals surface area contributed by atoms with E-state index in [4.69, 9.17) is 9.47 Å². The van der Waals surface area contributed by atoms with Crippen molar-refractivity contribution in [2.24, 2.45) is 0 Å². The van der Waals surface area contributed by atoms with Gasteiger partial charge in [0.05, 0.1) is 6.61 Å². The summed E-state index contributed by atoms with van der Waals surface area (Å²) < 4.78 is 10.9. The lowest BCUT2D eigenvalue weighted by molar-refractivity contribution is 0.199. The summed E-state index contributed by atoms with van der Waals surface area (Å²) in [6.07, 6.45) is 2.09. The molecule has 0 saturated carbocycles. The third-order valence-corrected chi connectivity index (χ3v) is 2.81. The summed E-state index contributed by atoms with van der Waals surface area (Å²) in [5, 5.41) is 3.35. The van der Waals surface area contributed by atoms with E-state index in [2.05, 4.69) is 50.4 Å². The number of ether oxygens (including phenoxy) is 2. The monoisotopic (exact) mass is 263 g/mol. The lowest BCUT2D eigenvalue weighted by atomic mass is 10.1. The average molecular weight is 263 g/mol. The van der Waals surface area contributed by atoms with Gasteiger partial charge in [-0.15, -0.1) is 0 Å². The number of aryl methyl sites for hydroxylation is 1. The van der Waals surface area contributed by atoms with Gasteiger partial charge < -0.3 is 14.8 Å². The molecule has 0 unspecified atom stereocenters. The van der Waals surface area contributed by atoms with E-state index in [-0.39, 0.29) is 0 Å². The van der Waals surface area contributed by atoms with Crippen molar-refractivity contribution in [2.45, 2.75) is 27.3 Å². The fraction of sp³-hybridized carbons (Fsp3) is 0.500. The van der Waals surface area contributed by atoms with Crippen molar-refractivity contribution in [1.29, 1.82) is 0 Å². The summed E-state index contributed by atoms with van der Waals surface area (Å²) in [5.41, 5.74) is 3.64. The van der Waals surface area contributed by atoms with Gasteiger partial charge in [-0.2, -0.15) is 0 Å². The van der Waals surface area contributed by atoms with Crippen LogP contribution in [0.2, 0.25) is 0 Å². The minimum absolute atomic E-state index is 0.623. The van der Waals surface area contributed by atoms with E-state index in [1.807, 2.05) is 0 Å². The molecule has 0 bridgehead atoms. The molecule has 0 aliphatic carbocycles. The van der Waals surface area contributed by atoms with Crippen molar-refractivity contribution in [2.75, 3.05) is 26.9 Å². The molecule has 0 heterocycles.